The van der Waals surface area contributed by atoms with Crippen molar-refractivity contribution in [2.24, 2.45) is 0 Å². The molecule has 4 heteroatoms. The minimum absolute atomic E-state index is 0.230. The summed E-state index contributed by atoms with van der Waals surface area (Å²) in [6, 6.07) is 16.2. The summed E-state index contributed by atoms with van der Waals surface area (Å²) < 4.78 is 0.879. The molecule has 19 heavy (non-hydrogen) atoms. The number of carbonyl (C=O) groups excluding carboxylic acids is 1. The fraction of sp³-hybridized carbons (Fsp3) is 0.0667. The lowest BCUT2D eigenvalue weighted by atomic mass is 9.92. The number of nitriles is 1. The van der Waals surface area contributed by atoms with Gasteiger partial charge in [-0.15, -0.1) is 0 Å². The zero-order valence-electron chi connectivity index (χ0n) is 9.81. The maximum atomic E-state index is 12.4. The van der Waals surface area contributed by atoms with E-state index < -0.39 is 5.92 Å². The van der Waals surface area contributed by atoms with Gasteiger partial charge in [0.15, 0.2) is 5.78 Å². The summed E-state index contributed by atoms with van der Waals surface area (Å²) in [6.07, 6.45) is 0. The molecule has 2 rings (SSSR count). The van der Waals surface area contributed by atoms with Crippen LogP contribution in [0.15, 0.2) is 48.5 Å². The van der Waals surface area contributed by atoms with Gasteiger partial charge in [0.1, 0.15) is 5.92 Å². The van der Waals surface area contributed by atoms with Crippen molar-refractivity contribution in [3.8, 4) is 6.07 Å². The van der Waals surface area contributed by atoms with Crippen LogP contribution in [0.1, 0.15) is 21.8 Å². The van der Waals surface area contributed by atoms with E-state index in [0.717, 1.165) is 3.57 Å². The van der Waals surface area contributed by atoms with Gasteiger partial charge in [-0.25, -0.2) is 0 Å². The average molecular weight is 382 g/mol. The molecule has 0 saturated heterocycles. The molecule has 0 N–H and O–H groups in total. The minimum Gasteiger partial charge on any atom is -0.292 e. The molecule has 0 saturated carbocycles. The maximum Gasteiger partial charge on any atom is 0.184 e. The number of ketones is 1. The number of rotatable bonds is 3. The number of Topliss-reactive ketones (excluding diaryl/α,β-unsaturated/α-hetero) is 1. The molecule has 1 atom stereocenters. The standard InChI is InChI=1S/C15H9ClINO/c16-13-8-11(6-7-14(13)17)15(19)12(9-18)10-4-2-1-3-5-10/h1-8,12H. The Labute approximate surface area is 130 Å². The second-order valence-corrected chi connectivity index (χ2v) is 5.54. The summed E-state index contributed by atoms with van der Waals surface area (Å²) in [5, 5.41) is 9.75. The highest BCUT2D eigenvalue weighted by molar-refractivity contribution is 14.1. The smallest absolute Gasteiger partial charge is 0.184 e. The van der Waals surface area contributed by atoms with Crippen LogP contribution in [0, 0.1) is 14.9 Å². The van der Waals surface area contributed by atoms with Crippen LogP contribution in [-0.2, 0) is 0 Å². The number of halogens is 2. The van der Waals surface area contributed by atoms with E-state index in [4.69, 9.17) is 11.6 Å². The lowest BCUT2D eigenvalue weighted by Gasteiger charge is -2.09. The molecule has 0 bridgehead atoms. The Hall–Kier alpha value is -1.38. The summed E-state index contributed by atoms with van der Waals surface area (Å²) in [5.74, 6) is -1.02. The highest BCUT2D eigenvalue weighted by atomic mass is 127. The summed E-state index contributed by atoms with van der Waals surface area (Å²) in [7, 11) is 0. The molecule has 0 amide bonds. The maximum absolute atomic E-state index is 12.4. The predicted octanol–water partition coefficient (Wildman–Crippen LogP) is 4.43. The van der Waals surface area contributed by atoms with Gasteiger partial charge in [0.2, 0.25) is 0 Å². The van der Waals surface area contributed by atoms with Crippen molar-refractivity contribution in [1.29, 1.82) is 5.26 Å². The molecular weight excluding hydrogens is 373 g/mol. The molecule has 94 valence electrons. The van der Waals surface area contributed by atoms with Crippen molar-refractivity contribution in [3.05, 3.63) is 68.3 Å². The topological polar surface area (TPSA) is 40.9 Å². The minimum atomic E-state index is -0.794. The number of hydrogen-bond donors (Lipinski definition) is 0. The van der Waals surface area contributed by atoms with Crippen LogP contribution in [-0.4, -0.2) is 5.78 Å². The zero-order valence-corrected chi connectivity index (χ0v) is 12.7. The van der Waals surface area contributed by atoms with E-state index in [1.807, 2.05) is 18.2 Å². The van der Waals surface area contributed by atoms with Crippen LogP contribution in [0.3, 0.4) is 0 Å². The van der Waals surface area contributed by atoms with Crippen LogP contribution in [0.5, 0.6) is 0 Å². The molecule has 0 heterocycles. The molecule has 2 nitrogen and oxygen atoms in total. The molecule has 0 aliphatic carbocycles. The van der Waals surface area contributed by atoms with Gasteiger partial charge in [-0.1, -0.05) is 48.0 Å². The first kappa shape index (κ1) is 14.0. The van der Waals surface area contributed by atoms with Gasteiger partial charge in [0.25, 0.3) is 0 Å². The molecule has 2 aromatic rings. The SMILES string of the molecule is N#CC(C(=O)c1ccc(I)c(Cl)c1)c1ccccc1. The van der Waals surface area contributed by atoms with E-state index >= 15 is 0 Å². The van der Waals surface area contributed by atoms with E-state index in [-0.39, 0.29) is 5.78 Å². The molecule has 1 unspecified atom stereocenters. The molecule has 0 aliphatic heterocycles. The average Bonchev–Trinajstić information content (AvgIpc) is 2.44. The highest BCUT2D eigenvalue weighted by Gasteiger charge is 2.21. The van der Waals surface area contributed by atoms with E-state index in [1.165, 1.54) is 0 Å². The summed E-state index contributed by atoms with van der Waals surface area (Å²) in [4.78, 5) is 12.4. The van der Waals surface area contributed by atoms with Gasteiger partial charge in [0, 0.05) is 9.13 Å². The largest absolute Gasteiger partial charge is 0.292 e. The third-order valence-corrected chi connectivity index (χ3v) is 4.30. The van der Waals surface area contributed by atoms with Gasteiger partial charge in [-0.3, -0.25) is 4.79 Å². The van der Waals surface area contributed by atoms with Crippen LogP contribution < -0.4 is 0 Å². The van der Waals surface area contributed by atoms with E-state index in [9.17, 15) is 10.1 Å². The molecule has 0 spiro atoms. The fourth-order valence-corrected chi connectivity index (χ4v) is 2.26. The fourth-order valence-electron chi connectivity index (χ4n) is 1.75. The lowest BCUT2D eigenvalue weighted by molar-refractivity contribution is 0.0979. The predicted molar refractivity (Wildman–Crippen MR) is 83.3 cm³/mol. The van der Waals surface area contributed by atoms with Crippen LogP contribution in [0.4, 0.5) is 0 Å². The normalized spacial score (nSPS) is 11.6. The van der Waals surface area contributed by atoms with E-state index in [1.54, 1.807) is 30.3 Å². The Kier molecular flexibility index (Phi) is 4.56. The molecule has 0 aromatic heterocycles. The number of nitrogens with zero attached hydrogens (tertiary/aromatic N) is 1. The molecule has 0 fully saturated rings. The third kappa shape index (κ3) is 3.14. The second kappa shape index (κ2) is 6.18. The Balaban J connectivity index is 2.37. The van der Waals surface area contributed by atoms with Gasteiger partial charge < -0.3 is 0 Å². The van der Waals surface area contributed by atoms with Crippen molar-refractivity contribution < 1.29 is 4.79 Å². The third-order valence-electron chi connectivity index (χ3n) is 2.73. The summed E-state index contributed by atoms with van der Waals surface area (Å²) >= 11 is 8.10. The Bertz CT molecular complexity index is 649. The van der Waals surface area contributed by atoms with E-state index in [2.05, 4.69) is 28.7 Å². The first-order chi connectivity index (χ1) is 9.13. The summed E-state index contributed by atoms with van der Waals surface area (Å²) in [5.41, 5.74) is 1.16. The van der Waals surface area contributed by atoms with Crippen LogP contribution >= 0.6 is 34.2 Å². The number of carbonyl (C=O) groups is 1. The Morgan fingerprint density at radius 3 is 2.47 bits per heavy atom. The second-order valence-electron chi connectivity index (χ2n) is 3.97. The number of benzene rings is 2. The monoisotopic (exact) mass is 381 g/mol. The Morgan fingerprint density at radius 2 is 1.89 bits per heavy atom. The first-order valence-corrected chi connectivity index (χ1v) is 7.03. The van der Waals surface area contributed by atoms with Crippen molar-refractivity contribution in [2.75, 3.05) is 0 Å². The molecule has 0 radical (unpaired) electrons. The van der Waals surface area contributed by atoms with Gasteiger partial charge in [0.05, 0.1) is 11.1 Å². The molecule has 2 aromatic carbocycles. The van der Waals surface area contributed by atoms with Gasteiger partial charge >= 0.3 is 0 Å². The van der Waals surface area contributed by atoms with Gasteiger partial charge in [-0.2, -0.15) is 5.26 Å². The Morgan fingerprint density at radius 1 is 1.21 bits per heavy atom. The highest BCUT2D eigenvalue weighted by Crippen LogP contribution is 2.24. The molecule has 0 aliphatic rings. The quantitative estimate of drug-likeness (QED) is 0.583. The van der Waals surface area contributed by atoms with Crippen LogP contribution in [0.2, 0.25) is 5.02 Å². The first-order valence-electron chi connectivity index (χ1n) is 5.57. The number of hydrogen-bond acceptors (Lipinski definition) is 2. The van der Waals surface area contributed by atoms with Crippen molar-refractivity contribution in [1.82, 2.24) is 0 Å². The van der Waals surface area contributed by atoms with Crippen molar-refractivity contribution >= 4 is 40.0 Å². The van der Waals surface area contributed by atoms with Crippen molar-refractivity contribution in [2.45, 2.75) is 5.92 Å². The lowest BCUT2D eigenvalue weighted by Crippen LogP contribution is -2.11. The van der Waals surface area contributed by atoms with Crippen molar-refractivity contribution in [3.63, 3.8) is 0 Å². The van der Waals surface area contributed by atoms with E-state index in [0.29, 0.717) is 16.1 Å². The zero-order chi connectivity index (χ0) is 13.8. The van der Waals surface area contributed by atoms with Gasteiger partial charge in [-0.05, 0) is 40.3 Å². The summed E-state index contributed by atoms with van der Waals surface area (Å²) in [6.45, 7) is 0. The van der Waals surface area contributed by atoms with Crippen LogP contribution in [0.25, 0.3) is 0 Å². The molecular formula is C15H9ClINO.